The molecule has 0 bridgehead atoms. The molecule has 7 heteroatoms. The van der Waals surface area contributed by atoms with Crippen LogP contribution in [0.3, 0.4) is 0 Å². The molecule has 1 amide bonds. The van der Waals surface area contributed by atoms with Crippen molar-refractivity contribution in [3.05, 3.63) is 60.2 Å². The number of carbonyl (C=O) groups excluding carboxylic acids is 1. The predicted molar refractivity (Wildman–Crippen MR) is 108 cm³/mol. The van der Waals surface area contributed by atoms with Gasteiger partial charge in [-0.3, -0.25) is 9.20 Å². The number of nitrogens with zero attached hydrogens (tertiary/aromatic N) is 3. The summed E-state index contributed by atoms with van der Waals surface area (Å²) >= 11 is 1.36. The van der Waals surface area contributed by atoms with E-state index in [0.29, 0.717) is 5.16 Å². The number of benzene rings is 2. The Bertz CT molecular complexity index is 1120. The van der Waals surface area contributed by atoms with Crippen LogP contribution in [0.2, 0.25) is 0 Å². The topological polar surface area (TPSA) is 68.5 Å². The number of pyridine rings is 1. The molecule has 2 aromatic carbocycles. The first-order chi connectivity index (χ1) is 13.2. The number of aryl methyl sites for hydroxylation is 1. The molecular formula is C20H18N4O2S. The minimum Gasteiger partial charge on any atom is -0.497 e. The van der Waals surface area contributed by atoms with Gasteiger partial charge in [0.1, 0.15) is 5.75 Å². The van der Waals surface area contributed by atoms with Crippen molar-refractivity contribution in [1.82, 2.24) is 14.6 Å². The molecule has 136 valence electrons. The molecule has 4 rings (SSSR count). The van der Waals surface area contributed by atoms with Crippen LogP contribution in [0, 0.1) is 6.92 Å². The van der Waals surface area contributed by atoms with Crippen molar-refractivity contribution in [3.8, 4) is 5.75 Å². The van der Waals surface area contributed by atoms with Gasteiger partial charge in [0, 0.05) is 11.1 Å². The number of fused-ring (bicyclic) bond motifs is 3. The van der Waals surface area contributed by atoms with Crippen LogP contribution in [0.25, 0.3) is 16.6 Å². The van der Waals surface area contributed by atoms with Crippen molar-refractivity contribution in [2.24, 2.45) is 0 Å². The number of hydrogen-bond acceptors (Lipinski definition) is 5. The van der Waals surface area contributed by atoms with E-state index in [1.165, 1.54) is 11.8 Å². The van der Waals surface area contributed by atoms with Gasteiger partial charge in [-0.25, -0.2) is 0 Å². The Labute approximate surface area is 160 Å². The first-order valence-corrected chi connectivity index (χ1v) is 9.44. The number of ether oxygens (including phenoxy) is 1. The van der Waals surface area contributed by atoms with E-state index in [2.05, 4.69) is 28.5 Å². The van der Waals surface area contributed by atoms with Crippen LogP contribution in [0.1, 0.15) is 5.56 Å². The lowest BCUT2D eigenvalue weighted by Crippen LogP contribution is -2.14. The highest BCUT2D eigenvalue weighted by molar-refractivity contribution is 7.99. The molecule has 0 saturated heterocycles. The number of hydrogen-bond donors (Lipinski definition) is 1. The number of para-hydroxylation sites is 1. The van der Waals surface area contributed by atoms with Gasteiger partial charge in [0.05, 0.1) is 18.4 Å². The number of methoxy groups -OCH3 is 1. The summed E-state index contributed by atoms with van der Waals surface area (Å²) in [6.45, 7) is 2.06. The van der Waals surface area contributed by atoms with E-state index in [1.807, 2.05) is 52.9 Å². The molecule has 0 atom stereocenters. The van der Waals surface area contributed by atoms with Crippen LogP contribution in [0.5, 0.6) is 5.75 Å². The minimum atomic E-state index is -0.0988. The van der Waals surface area contributed by atoms with Crippen molar-refractivity contribution in [3.63, 3.8) is 0 Å². The SMILES string of the molecule is COc1ccc(NC(=O)CSc2nnc3cc(C)c4ccccc4n23)cc1. The van der Waals surface area contributed by atoms with E-state index < -0.39 is 0 Å². The highest BCUT2D eigenvalue weighted by atomic mass is 32.2. The Morgan fingerprint density at radius 3 is 2.70 bits per heavy atom. The molecule has 27 heavy (non-hydrogen) atoms. The monoisotopic (exact) mass is 378 g/mol. The van der Waals surface area contributed by atoms with Gasteiger partial charge >= 0.3 is 0 Å². The molecule has 0 aliphatic heterocycles. The summed E-state index contributed by atoms with van der Waals surface area (Å²) in [6, 6.07) is 17.4. The second-order valence-corrected chi connectivity index (χ2v) is 7.03. The van der Waals surface area contributed by atoms with Crippen LogP contribution in [0.4, 0.5) is 5.69 Å². The average Bonchev–Trinajstić information content (AvgIpc) is 3.10. The van der Waals surface area contributed by atoms with Crippen LogP contribution in [0.15, 0.2) is 59.8 Å². The second-order valence-electron chi connectivity index (χ2n) is 6.09. The van der Waals surface area contributed by atoms with Crippen molar-refractivity contribution in [2.75, 3.05) is 18.2 Å². The summed E-state index contributed by atoms with van der Waals surface area (Å²) in [6.07, 6.45) is 0. The average molecular weight is 378 g/mol. The quantitative estimate of drug-likeness (QED) is 0.533. The fourth-order valence-corrected chi connectivity index (χ4v) is 3.72. The van der Waals surface area contributed by atoms with E-state index in [-0.39, 0.29) is 11.7 Å². The van der Waals surface area contributed by atoms with Gasteiger partial charge in [-0.05, 0) is 48.9 Å². The van der Waals surface area contributed by atoms with Crippen molar-refractivity contribution in [1.29, 1.82) is 0 Å². The number of anilines is 1. The normalized spacial score (nSPS) is 11.0. The molecule has 1 N–H and O–H groups in total. The molecular weight excluding hydrogens is 360 g/mol. The van der Waals surface area contributed by atoms with Crippen LogP contribution in [-0.4, -0.2) is 33.4 Å². The third-order valence-electron chi connectivity index (χ3n) is 4.28. The van der Waals surface area contributed by atoms with E-state index in [4.69, 9.17) is 4.74 Å². The summed E-state index contributed by atoms with van der Waals surface area (Å²) in [7, 11) is 1.61. The third-order valence-corrected chi connectivity index (χ3v) is 5.21. The van der Waals surface area contributed by atoms with Crippen LogP contribution < -0.4 is 10.1 Å². The molecule has 4 aromatic rings. The third kappa shape index (κ3) is 3.46. The maximum Gasteiger partial charge on any atom is 0.234 e. The Morgan fingerprint density at radius 2 is 1.93 bits per heavy atom. The molecule has 0 fully saturated rings. The minimum absolute atomic E-state index is 0.0988. The highest BCUT2D eigenvalue weighted by Crippen LogP contribution is 2.25. The smallest absolute Gasteiger partial charge is 0.234 e. The zero-order valence-electron chi connectivity index (χ0n) is 15.0. The molecule has 2 aromatic heterocycles. The lowest BCUT2D eigenvalue weighted by atomic mass is 10.1. The predicted octanol–water partition coefficient (Wildman–Crippen LogP) is 3.93. The summed E-state index contributed by atoms with van der Waals surface area (Å²) in [5.74, 6) is 0.896. The zero-order valence-corrected chi connectivity index (χ0v) is 15.8. The summed E-state index contributed by atoms with van der Waals surface area (Å²) in [4.78, 5) is 12.3. The van der Waals surface area contributed by atoms with Gasteiger partial charge in [0.2, 0.25) is 5.91 Å². The Kier molecular flexibility index (Phi) is 4.68. The summed E-state index contributed by atoms with van der Waals surface area (Å²) < 4.78 is 7.11. The lowest BCUT2D eigenvalue weighted by Gasteiger charge is -2.08. The van der Waals surface area contributed by atoms with Gasteiger partial charge in [0.25, 0.3) is 0 Å². The van der Waals surface area contributed by atoms with Gasteiger partial charge in [0.15, 0.2) is 10.8 Å². The number of amides is 1. The summed E-state index contributed by atoms with van der Waals surface area (Å²) in [5.41, 5.74) is 3.70. The van der Waals surface area contributed by atoms with Gasteiger partial charge in [-0.2, -0.15) is 0 Å². The van der Waals surface area contributed by atoms with E-state index in [0.717, 1.165) is 33.6 Å². The maximum atomic E-state index is 12.3. The molecule has 2 heterocycles. The largest absolute Gasteiger partial charge is 0.497 e. The zero-order chi connectivity index (χ0) is 18.8. The van der Waals surface area contributed by atoms with Gasteiger partial charge in [-0.1, -0.05) is 30.0 Å². The Hall–Kier alpha value is -3.06. The van der Waals surface area contributed by atoms with Gasteiger partial charge in [-0.15, -0.1) is 10.2 Å². The number of thioether (sulfide) groups is 1. The number of nitrogens with one attached hydrogen (secondary N) is 1. The molecule has 0 aliphatic carbocycles. The first kappa shape index (κ1) is 17.4. The molecule has 0 saturated carbocycles. The number of rotatable bonds is 5. The molecule has 0 spiro atoms. The molecule has 6 nitrogen and oxygen atoms in total. The fraction of sp³-hybridized carbons (Fsp3) is 0.150. The van der Waals surface area contributed by atoms with Crippen LogP contribution in [-0.2, 0) is 4.79 Å². The number of aromatic nitrogens is 3. The standard InChI is InChI=1S/C20H18N4O2S/c1-13-11-18-22-23-20(24(18)17-6-4-3-5-16(13)17)27-12-19(25)21-14-7-9-15(26-2)10-8-14/h3-11H,12H2,1-2H3,(H,21,25). The number of carbonyl (C=O) groups is 1. The van der Waals surface area contributed by atoms with Crippen LogP contribution >= 0.6 is 11.8 Å². The molecule has 0 unspecified atom stereocenters. The van der Waals surface area contributed by atoms with Crippen molar-refractivity contribution < 1.29 is 9.53 Å². The fourth-order valence-electron chi connectivity index (χ4n) is 2.97. The van der Waals surface area contributed by atoms with E-state index in [9.17, 15) is 4.79 Å². The van der Waals surface area contributed by atoms with E-state index >= 15 is 0 Å². The van der Waals surface area contributed by atoms with E-state index in [1.54, 1.807) is 7.11 Å². The molecule has 0 aliphatic rings. The maximum absolute atomic E-state index is 12.3. The second kappa shape index (κ2) is 7.28. The highest BCUT2D eigenvalue weighted by Gasteiger charge is 2.13. The lowest BCUT2D eigenvalue weighted by molar-refractivity contribution is -0.113. The van der Waals surface area contributed by atoms with Gasteiger partial charge < -0.3 is 10.1 Å². The first-order valence-electron chi connectivity index (χ1n) is 8.46. The van der Waals surface area contributed by atoms with Crippen molar-refractivity contribution in [2.45, 2.75) is 12.1 Å². The molecule has 0 radical (unpaired) electrons. The Balaban J connectivity index is 1.53. The van der Waals surface area contributed by atoms with Crippen molar-refractivity contribution >= 4 is 39.9 Å². The summed E-state index contributed by atoms with van der Waals surface area (Å²) in [5, 5.41) is 13.2. The Morgan fingerprint density at radius 1 is 1.15 bits per heavy atom.